The van der Waals surface area contributed by atoms with Crippen molar-refractivity contribution in [2.45, 2.75) is 5.51 Å². The molecule has 1 rings (SSSR count). The molecule has 0 saturated carbocycles. The second-order valence-corrected chi connectivity index (χ2v) is 4.71. The third kappa shape index (κ3) is 5.89. The topological polar surface area (TPSA) is 0 Å². The van der Waals surface area contributed by atoms with E-state index in [-0.39, 0.29) is 17.5 Å². The molecule has 0 fully saturated rings. The fraction of sp³-hybridized carbons (Fsp3) is 0.200. The molecule has 0 aromatic heterocycles. The molecule has 15 heavy (non-hydrogen) atoms. The van der Waals surface area contributed by atoms with Crippen LogP contribution in [0.1, 0.15) is 5.56 Å². The first kappa shape index (κ1) is 12.6. The average Bonchev–Trinajstić information content (AvgIpc) is 2.11. The van der Waals surface area contributed by atoms with Gasteiger partial charge in [-0.2, -0.15) is 13.2 Å². The van der Waals surface area contributed by atoms with Gasteiger partial charge >= 0.3 is 5.51 Å². The van der Waals surface area contributed by atoms with Crippen molar-refractivity contribution >= 4 is 33.8 Å². The molecule has 0 unspecified atom stereocenters. The third-order valence-electron chi connectivity index (χ3n) is 1.50. The Morgan fingerprint density at radius 3 is 2.67 bits per heavy atom. The average molecular weight is 297 g/mol. The predicted octanol–water partition coefficient (Wildman–Crippen LogP) is 4.72. The van der Waals surface area contributed by atoms with Crippen molar-refractivity contribution in [3.05, 3.63) is 40.4 Å². The molecule has 0 aliphatic heterocycles. The molecule has 0 radical (unpaired) electrons. The van der Waals surface area contributed by atoms with E-state index in [9.17, 15) is 13.2 Å². The van der Waals surface area contributed by atoms with Gasteiger partial charge in [0.25, 0.3) is 0 Å². The third-order valence-corrected chi connectivity index (χ3v) is 2.68. The minimum absolute atomic E-state index is 0.0415. The Morgan fingerprint density at radius 2 is 2.07 bits per heavy atom. The molecule has 0 bridgehead atoms. The van der Waals surface area contributed by atoms with E-state index in [1.54, 1.807) is 6.08 Å². The van der Waals surface area contributed by atoms with Crippen LogP contribution in [0.5, 0.6) is 0 Å². The highest BCUT2D eigenvalue weighted by Gasteiger charge is 2.26. The van der Waals surface area contributed by atoms with Gasteiger partial charge in [0.05, 0.1) is 0 Å². The van der Waals surface area contributed by atoms with Crippen LogP contribution in [0.15, 0.2) is 34.8 Å². The van der Waals surface area contributed by atoms with Gasteiger partial charge in [-0.05, 0) is 29.5 Å². The van der Waals surface area contributed by atoms with Gasteiger partial charge in [-0.1, -0.05) is 40.2 Å². The van der Waals surface area contributed by atoms with Crippen molar-refractivity contribution in [1.29, 1.82) is 0 Å². The molecule has 5 heteroatoms. The minimum Gasteiger partial charge on any atom is -0.160 e. The zero-order valence-electron chi connectivity index (χ0n) is 7.59. The van der Waals surface area contributed by atoms with Gasteiger partial charge in [0.1, 0.15) is 0 Å². The Balaban J connectivity index is 2.45. The number of benzene rings is 1. The molecule has 82 valence electrons. The molecule has 1 aromatic carbocycles. The number of alkyl halides is 3. The van der Waals surface area contributed by atoms with E-state index in [2.05, 4.69) is 15.9 Å². The number of thioether (sulfide) groups is 1. The minimum atomic E-state index is -4.15. The smallest absolute Gasteiger partial charge is 0.160 e. The lowest BCUT2D eigenvalue weighted by molar-refractivity contribution is -0.0326. The molecule has 0 aliphatic rings. The standard InChI is InChI=1S/C10H8BrF3S/c11-9-5-1-3-8(7-9)4-2-6-15-10(12,13)14/h1-5,7H,6H2/b4-2+. The number of hydrogen-bond donors (Lipinski definition) is 0. The first-order valence-corrected chi connectivity index (χ1v) is 5.88. The van der Waals surface area contributed by atoms with Gasteiger partial charge in [0, 0.05) is 10.2 Å². The Labute approximate surface area is 98.7 Å². The summed E-state index contributed by atoms with van der Waals surface area (Å²) in [5.74, 6) is -0.0595. The van der Waals surface area contributed by atoms with Gasteiger partial charge in [-0.25, -0.2) is 0 Å². The fourth-order valence-corrected chi connectivity index (χ4v) is 1.74. The van der Waals surface area contributed by atoms with Crippen LogP contribution in [-0.4, -0.2) is 11.3 Å². The molecular formula is C10H8BrF3S. The van der Waals surface area contributed by atoms with Crippen LogP contribution >= 0.6 is 27.7 Å². The maximum Gasteiger partial charge on any atom is 0.442 e. The van der Waals surface area contributed by atoms with Crippen molar-refractivity contribution in [2.75, 3.05) is 5.75 Å². The van der Waals surface area contributed by atoms with Gasteiger partial charge in [0.2, 0.25) is 0 Å². The molecule has 0 amide bonds. The summed E-state index contributed by atoms with van der Waals surface area (Å²) >= 11 is 3.24. The van der Waals surface area contributed by atoms with E-state index >= 15 is 0 Å². The van der Waals surface area contributed by atoms with Crippen molar-refractivity contribution in [3.63, 3.8) is 0 Å². The van der Waals surface area contributed by atoms with E-state index in [1.165, 1.54) is 6.08 Å². The van der Waals surface area contributed by atoms with Gasteiger partial charge < -0.3 is 0 Å². The van der Waals surface area contributed by atoms with Crippen molar-refractivity contribution in [2.24, 2.45) is 0 Å². The zero-order valence-corrected chi connectivity index (χ0v) is 9.99. The molecule has 0 heterocycles. The highest BCUT2D eigenvalue weighted by molar-refractivity contribution is 9.10. The quantitative estimate of drug-likeness (QED) is 0.778. The molecule has 0 nitrogen and oxygen atoms in total. The lowest BCUT2D eigenvalue weighted by Crippen LogP contribution is -1.99. The van der Waals surface area contributed by atoms with Crippen molar-refractivity contribution in [1.82, 2.24) is 0 Å². The molecule has 0 saturated heterocycles. The van der Waals surface area contributed by atoms with Gasteiger partial charge in [0.15, 0.2) is 0 Å². The molecule has 0 N–H and O–H groups in total. The highest BCUT2D eigenvalue weighted by atomic mass is 79.9. The van der Waals surface area contributed by atoms with E-state index < -0.39 is 5.51 Å². The van der Waals surface area contributed by atoms with E-state index in [1.807, 2.05) is 24.3 Å². The summed E-state index contributed by atoms with van der Waals surface area (Å²) in [5, 5.41) is 0. The van der Waals surface area contributed by atoms with Gasteiger partial charge in [-0.15, -0.1) is 0 Å². The highest BCUT2D eigenvalue weighted by Crippen LogP contribution is 2.30. The van der Waals surface area contributed by atoms with Crippen LogP contribution in [-0.2, 0) is 0 Å². The van der Waals surface area contributed by atoms with Crippen LogP contribution in [0, 0.1) is 0 Å². The normalized spacial score (nSPS) is 12.3. The van der Waals surface area contributed by atoms with Crippen molar-refractivity contribution in [3.8, 4) is 0 Å². The van der Waals surface area contributed by atoms with Crippen LogP contribution in [0.3, 0.4) is 0 Å². The fourth-order valence-electron chi connectivity index (χ4n) is 0.937. The van der Waals surface area contributed by atoms with E-state index in [4.69, 9.17) is 0 Å². The van der Waals surface area contributed by atoms with E-state index in [0.717, 1.165) is 10.0 Å². The summed E-state index contributed by atoms with van der Waals surface area (Å²) < 4.78 is 36.2. The summed E-state index contributed by atoms with van der Waals surface area (Å²) in [7, 11) is 0. The Bertz CT molecular complexity index is 347. The second kappa shape index (κ2) is 5.61. The maximum atomic E-state index is 11.8. The summed E-state index contributed by atoms with van der Waals surface area (Å²) in [6, 6.07) is 7.37. The van der Waals surface area contributed by atoms with Gasteiger partial charge in [-0.3, -0.25) is 0 Å². The Hall–Kier alpha value is -0.420. The predicted molar refractivity (Wildman–Crippen MR) is 61.7 cm³/mol. The second-order valence-electron chi connectivity index (χ2n) is 2.71. The Kier molecular flexibility index (Phi) is 4.73. The van der Waals surface area contributed by atoms with Crippen LogP contribution < -0.4 is 0 Å². The SMILES string of the molecule is FC(F)(F)SC/C=C/c1cccc(Br)c1. The largest absolute Gasteiger partial charge is 0.442 e. The first-order chi connectivity index (χ1) is 6.97. The van der Waals surface area contributed by atoms with Crippen LogP contribution in [0.25, 0.3) is 6.08 Å². The van der Waals surface area contributed by atoms with Crippen LogP contribution in [0.4, 0.5) is 13.2 Å². The first-order valence-electron chi connectivity index (χ1n) is 4.10. The molecular weight excluding hydrogens is 289 g/mol. The number of hydrogen-bond acceptors (Lipinski definition) is 1. The lowest BCUT2D eigenvalue weighted by Gasteiger charge is -2.01. The van der Waals surface area contributed by atoms with E-state index in [0.29, 0.717) is 0 Å². The zero-order chi connectivity index (χ0) is 11.3. The maximum absolute atomic E-state index is 11.8. The summed E-state index contributed by atoms with van der Waals surface area (Å²) in [6.07, 6.45) is 3.17. The molecule has 0 aliphatic carbocycles. The molecule has 1 aromatic rings. The van der Waals surface area contributed by atoms with Crippen LogP contribution in [0.2, 0.25) is 0 Å². The lowest BCUT2D eigenvalue weighted by atomic mass is 10.2. The summed E-state index contributed by atoms with van der Waals surface area (Å²) in [4.78, 5) is 0. The van der Waals surface area contributed by atoms with Crippen molar-refractivity contribution < 1.29 is 13.2 Å². The molecule has 0 spiro atoms. The monoisotopic (exact) mass is 296 g/mol. The summed E-state index contributed by atoms with van der Waals surface area (Å²) in [6.45, 7) is 0. The Morgan fingerprint density at radius 1 is 1.33 bits per heavy atom. The molecule has 0 atom stereocenters. The number of rotatable bonds is 3. The summed E-state index contributed by atoms with van der Waals surface area (Å²) in [5.41, 5.74) is -3.27. The number of halogens is 4.